The number of nitrogens with zero attached hydrogens (tertiary/aromatic N) is 2. The lowest BCUT2D eigenvalue weighted by Crippen LogP contribution is -2.46. The average molecular weight is 316 g/mol. The molecule has 2 rings (SSSR count). The van der Waals surface area contributed by atoms with Crippen LogP contribution in [-0.4, -0.2) is 42.9 Å². The van der Waals surface area contributed by atoms with Gasteiger partial charge in [-0.1, -0.05) is 43.2 Å². The fourth-order valence-electron chi connectivity index (χ4n) is 2.91. The smallest absolute Gasteiger partial charge is 0.242 e. The number of carbonyl (C=O) groups excluding carboxylic acids is 1. The van der Waals surface area contributed by atoms with Crippen LogP contribution in [0.25, 0.3) is 0 Å². The Hall–Kier alpha value is -2.04. The van der Waals surface area contributed by atoms with Gasteiger partial charge in [0, 0.05) is 26.2 Å². The number of hydrogen-bond acceptors (Lipinski definition) is 2. The zero-order chi connectivity index (χ0) is 16.5. The van der Waals surface area contributed by atoms with Crippen molar-refractivity contribution in [1.29, 1.82) is 0 Å². The minimum absolute atomic E-state index is 0.0886. The second-order valence-electron chi connectivity index (χ2n) is 5.94. The topological polar surface area (TPSA) is 56.7 Å². The van der Waals surface area contributed by atoms with Gasteiger partial charge in [0.15, 0.2) is 5.96 Å². The standard InChI is InChI=1S/C18H28N4O/c1-3-22(14-15-9-5-4-6-10-15)17(23)13-20-18(19-2)21-16-11-7-8-12-16/h4-6,9-10,16H,3,7-8,11-14H2,1-2H3,(H2,19,20,21). The Balaban J connectivity index is 1.81. The second-order valence-corrected chi connectivity index (χ2v) is 5.94. The van der Waals surface area contributed by atoms with Crippen LogP contribution in [0, 0.1) is 0 Å². The van der Waals surface area contributed by atoms with E-state index in [0.29, 0.717) is 19.1 Å². The van der Waals surface area contributed by atoms with Crippen LogP contribution in [0.4, 0.5) is 0 Å². The van der Waals surface area contributed by atoms with Crippen LogP contribution < -0.4 is 10.6 Å². The second kappa shape index (κ2) is 9.18. The van der Waals surface area contributed by atoms with Crippen LogP contribution in [0.5, 0.6) is 0 Å². The minimum atomic E-state index is 0.0886. The highest BCUT2D eigenvalue weighted by Gasteiger charge is 2.17. The molecule has 0 radical (unpaired) electrons. The Labute approximate surface area is 139 Å². The normalized spacial score (nSPS) is 15.5. The van der Waals surface area contributed by atoms with Gasteiger partial charge >= 0.3 is 0 Å². The van der Waals surface area contributed by atoms with Crippen molar-refractivity contribution in [3.8, 4) is 0 Å². The molecule has 0 heterocycles. The molecule has 1 aliphatic carbocycles. The van der Waals surface area contributed by atoms with E-state index in [0.717, 1.165) is 11.5 Å². The Morgan fingerprint density at radius 2 is 1.96 bits per heavy atom. The van der Waals surface area contributed by atoms with Gasteiger partial charge in [-0.25, -0.2) is 0 Å². The van der Waals surface area contributed by atoms with E-state index in [9.17, 15) is 4.79 Å². The molecule has 5 nitrogen and oxygen atoms in total. The summed E-state index contributed by atoms with van der Waals surface area (Å²) in [4.78, 5) is 18.5. The van der Waals surface area contributed by atoms with Crippen molar-refractivity contribution in [2.45, 2.75) is 45.2 Å². The fourth-order valence-corrected chi connectivity index (χ4v) is 2.91. The highest BCUT2D eigenvalue weighted by Crippen LogP contribution is 2.17. The van der Waals surface area contributed by atoms with Crippen LogP contribution in [-0.2, 0) is 11.3 Å². The van der Waals surface area contributed by atoms with Crippen molar-refractivity contribution in [1.82, 2.24) is 15.5 Å². The lowest BCUT2D eigenvalue weighted by Gasteiger charge is -2.22. The third kappa shape index (κ3) is 5.58. The van der Waals surface area contributed by atoms with Crippen LogP contribution in [0.3, 0.4) is 0 Å². The van der Waals surface area contributed by atoms with E-state index in [2.05, 4.69) is 15.6 Å². The van der Waals surface area contributed by atoms with E-state index in [1.165, 1.54) is 25.7 Å². The van der Waals surface area contributed by atoms with Crippen LogP contribution in [0.1, 0.15) is 38.2 Å². The maximum Gasteiger partial charge on any atom is 0.242 e. The molecular weight excluding hydrogens is 288 g/mol. The first kappa shape index (κ1) is 17.3. The number of aliphatic imine (C=N–C) groups is 1. The number of carbonyl (C=O) groups is 1. The zero-order valence-electron chi connectivity index (χ0n) is 14.2. The largest absolute Gasteiger partial charge is 0.354 e. The third-order valence-corrected chi connectivity index (χ3v) is 4.28. The van der Waals surface area contributed by atoms with Crippen molar-refractivity contribution in [2.24, 2.45) is 4.99 Å². The van der Waals surface area contributed by atoms with E-state index in [1.807, 2.05) is 42.2 Å². The fraction of sp³-hybridized carbons (Fsp3) is 0.556. The summed E-state index contributed by atoms with van der Waals surface area (Å²) in [5, 5.41) is 6.54. The van der Waals surface area contributed by atoms with Gasteiger partial charge in [-0.15, -0.1) is 0 Å². The van der Waals surface area contributed by atoms with Crippen molar-refractivity contribution < 1.29 is 4.79 Å². The first-order chi connectivity index (χ1) is 11.2. The summed E-state index contributed by atoms with van der Waals surface area (Å²) < 4.78 is 0. The lowest BCUT2D eigenvalue weighted by atomic mass is 10.2. The van der Waals surface area contributed by atoms with Crippen molar-refractivity contribution in [2.75, 3.05) is 20.1 Å². The summed E-state index contributed by atoms with van der Waals surface area (Å²) in [6.07, 6.45) is 4.91. The van der Waals surface area contributed by atoms with Crippen LogP contribution in [0.15, 0.2) is 35.3 Å². The molecule has 126 valence electrons. The number of rotatable bonds is 6. The predicted octanol–water partition coefficient (Wildman–Crippen LogP) is 2.14. The summed E-state index contributed by atoms with van der Waals surface area (Å²) in [5.41, 5.74) is 1.15. The van der Waals surface area contributed by atoms with Crippen molar-refractivity contribution in [3.63, 3.8) is 0 Å². The molecule has 0 atom stereocenters. The maximum absolute atomic E-state index is 12.4. The molecular formula is C18H28N4O. The first-order valence-electron chi connectivity index (χ1n) is 8.51. The Kier molecular flexibility index (Phi) is 6.91. The number of likely N-dealkylation sites (N-methyl/N-ethyl adjacent to an activating group) is 1. The number of guanidine groups is 1. The third-order valence-electron chi connectivity index (χ3n) is 4.28. The number of amides is 1. The maximum atomic E-state index is 12.4. The van der Waals surface area contributed by atoms with E-state index >= 15 is 0 Å². The first-order valence-corrected chi connectivity index (χ1v) is 8.51. The van der Waals surface area contributed by atoms with Gasteiger partial charge in [0.05, 0.1) is 6.54 Å². The Morgan fingerprint density at radius 3 is 2.57 bits per heavy atom. The summed E-state index contributed by atoms with van der Waals surface area (Å²) >= 11 is 0. The number of nitrogens with one attached hydrogen (secondary N) is 2. The summed E-state index contributed by atoms with van der Waals surface area (Å²) in [6, 6.07) is 10.6. The van der Waals surface area contributed by atoms with Crippen LogP contribution >= 0.6 is 0 Å². The molecule has 23 heavy (non-hydrogen) atoms. The van der Waals surface area contributed by atoms with Crippen molar-refractivity contribution in [3.05, 3.63) is 35.9 Å². The zero-order valence-corrected chi connectivity index (χ0v) is 14.2. The van der Waals surface area contributed by atoms with E-state index in [4.69, 9.17) is 0 Å². The SMILES string of the molecule is CCN(Cc1ccccc1)C(=O)CNC(=NC)NC1CCCC1. The summed E-state index contributed by atoms with van der Waals surface area (Å²) in [5.74, 6) is 0.812. The predicted molar refractivity (Wildman–Crippen MR) is 94.3 cm³/mol. The van der Waals surface area contributed by atoms with E-state index < -0.39 is 0 Å². The number of hydrogen-bond donors (Lipinski definition) is 2. The van der Waals surface area contributed by atoms with Gasteiger partial charge < -0.3 is 15.5 Å². The molecule has 0 aliphatic heterocycles. The van der Waals surface area contributed by atoms with Gasteiger partial charge in [0.2, 0.25) is 5.91 Å². The van der Waals surface area contributed by atoms with E-state index in [-0.39, 0.29) is 12.5 Å². The summed E-state index contributed by atoms with van der Waals surface area (Å²) in [6.45, 7) is 3.62. The monoisotopic (exact) mass is 316 g/mol. The Morgan fingerprint density at radius 1 is 1.26 bits per heavy atom. The lowest BCUT2D eigenvalue weighted by molar-refractivity contribution is -0.130. The Bertz CT molecular complexity index is 509. The average Bonchev–Trinajstić information content (AvgIpc) is 3.10. The molecule has 1 aromatic rings. The summed E-state index contributed by atoms with van der Waals surface area (Å²) in [7, 11) is 1.75. The molecule has 0 unspecified atom stereocenters. The molecule has 0 bridgehead atoms. The molecule has 1 aromatic carbocycles. The molecule has 0 saturated heterocycles. The van der Waals surface area contributed by atoms with Gasteiger partial charge in [0.25, 0.3) is 0 Å². The number of benzene rings is 1. The minimum Gasteiger partial charge on any atom is -0.354 e. The van der Waals surface area contributed by atoms with Crippen molar-refractivity contribution >= 4 is 11.9 Å². The van der Waals surface area contributed by atoms with Gasteiger partial charge in [-0.05, 0) is 25.3 Å². The molecule has 5 heteroatoms. The molecule has 1 aliphatic rings. The van der Waals surface area contributed by atoms with Gasteiger partial charge in [0.1, 0.15) is 0 Å². The molecule has 0 aromatic heterocycles. The highest BCUT2D eigenvalue weighted by molar-refractivity contribution is 5.86. The molecule has 1 amide bonds. The molecule has 2 N–H and O–H groups in total. The quantitative estimate of drug-likeness (QED) is 0.624. The van der Waals surface area contributed by atoms with E-state index in [1.54, 1.807) is 7.05 Å². The molecule has 0 spiro atoms. The molecule has 1 fully saturated rings. The van der Waals surface area contributed by atoms with Gasteiger partial charge in [-0.2, -0.15) is 0 Å². The highest BCUT2D eigenvalue weighted by atomic mass is 16.2. The van der Waals surface area contributed by atoms with Crippen LogP contribution in [0.2, 0.25) is 0 Å². The molecule has 1 saturated carbocycles. The van der Waals surface area contributed by atoms with Gasteiger partial charge in [-0.3, -0.25) is 9.79 Å².